The SMILES string of the molecule is Cc1nc(COc2ccccc2C(=O)Nc2ccc(F)cc2)cs1. The number of nitrogens with one attached hydrogen (secondary N) is 1. The molecule has 1 aromatic heterocycles. The highest BCUT2D eigenvalue weighted by molar-refractivity contribution is 7.09. The van der Waals surface area contributed by atoms with Crippen LogP contribution in [-0.4, -0.2) is 10.9 Å². The number of hydrogen-bond donors (Lipinski definition) is 1. The Bertz CT molecular complexity index is 846. The first-order valence-corrected chi connectivity index (χ1v) is 8.19. The second kappa shape index (κ2) is 7.23. The van der Waals surface area contributed by atoms with Crippen LogP contribution in [0, 0.1) is 12.7 Å². The van der Waals surface area contributed by atoms with Crippen molar-refractivity contribution in [2.75, 3.05) is 5.32 Å². The molecule has 0 radical (unpaired) electrons. The maximum absolute atomic E-state index is 12.9. The Morgan fingerprint density at radius 2 is 1.96 bits per heavy atom. The molecule has 0 saturated heterocycles. The van der Waals surface area contributed by atoms with E-state index in [2.05, 4.69) is 10.3 Å². The summed E-state index contributed by atoms with van der Waals surface area (Å²) in [6.07, 6.45) is 0. The van der Waals surface area contributed by atoms with Crippen molar-refractivity contribution in [1.82, 2.24) is 4.98 Å². The number of thiazole rings is 1. The third-order valence-electron chi connectivity index (χ3n) is 3.28. The number of carbonyl (C=O) groups excluding carboxylic acids is 1. The quantitative estimate of drug-likeness (QED) is 0.747. The van der Waals surface area contributed by atoms with E-state index < -0.39 is 0 Å². The van der Waals surface area contributed by atoms with Gasteiger partial charge in [-0.05, 0) is 43.3 Å². The largest absolute Gasteiger partial charge is 0.486 e. The molecule has 24 heavy (non-hydrogen) atoms. The molecule has 0 aliphatic heterocycles. The summed E-state index contributed by atoms with van der Waals surface area (Å²) in [5.41, 5.74) is 1.76. The molecule has 0 saturated carbocycles. The van der Waals surface area contributed by atoms with Crippen LogP contribution in [0.25, 0.3) is 0 Å². The first-order valence-electron chi connectivity index (χ1n) is 7.31. The van der Waals surface area contributed by atoms with Gasteiger partial charge in [0, 0.05) is 11.1 Å². The number of para-hydroxylation sites is 1. The molecular formula is C18H15FN2O2S. The number of aromatic nitrogens is 1. The van der Waals surface area contributed by atoms with Gasteiger partial charge in [0.25, 0.3) is 5.91 Å². The van der Waals surface area contributed by atoms with E-state index in [-0.39, 0.29) is 11.7 Å². The van der Waals surface area contributed by atoms with Gasteiger partial charge in [0.15, 0.2) is 0 Å². The molecule has 0 aliphatic rings. The van der Waals surface area contributed by atoms with Gasteiger partial charge in [-0.15, -0.1) is 11.3 Å². The predicted octanol–water partition coefficient (Wildman–Crippen LogP) is 4.42. The maximum atomic E-state index is 12.9. The Kier molecular flexibility index (Phi) is 4.86. The highest BCUT2D eigenvalue weighted by atomic mass is 32.1. The van der Waals surface area contributed by atoms with Crippen LogP contribution in [0.2, 0.25) is 0 Å². The number of hydrogen-bond acceptors (Lipinski definition) is 4. The average molecular weight is 342 g/mol. The van der Waals surface area contributed by atoms with Gasteiger partial charge in [-0.2, -0.15) is 0 Å². The lowest BCUT2D eigenvalue weighted by Gasteiger charge is -2.11. The van der Waals surface area contributed by atoms with Crippen molar-refractivity contribution in [3.8, 4) is 5.75 Å². The molecule has 0 bridgehead atoms. The number of rotatable bonds is 5. The van der Waals surface area contributed by atoms with Crippen molar-refractivity contribution in [1.29, 1.82) is 0 Å². The van der Waals surface area contributed by atoms with Crippen LogP contribution < -0.4 is 10.1 Å². The summed E-state index contributed by atoms with van der Waals surface area (Å²) < 4.78 is 18.7. The third kappa shape index (κ3) is 3.97. The van der Waals surface area contributed by atoms with E-state index in [0.717, 1.165) is 10.7 Å². The monoisotopic (exact) mass is 342 g/mol. The van der Waals surface area contributed by atoms with E-state index >= 15 is 0 Å². The predicted molar refractivity (Wildman–Crippen MR) is 92.0 cm³/mol. The van der Waals surface area contributed by atoms with Crippen molar-refractivity contribution < 1.29 is 13.9 Å². The van der Waals surface area contributed by atoms with Crippen LogP contribution >= 0.6 is 11.3 Å². The number of aryl methyl sites for hydroxylation is 1. The van der Waals surface area contributed by atoms with Crippen molar-refractivity contribution >= 4 is 22.9 Å². The molecule has 0 unspecified atom stereocenters. The Labute approximate surface area is 142 Å². The number of ether oxygens (including phenoxy) is 1. The number of nitrogens with zero attached hydrogens (tertiary/aromatic N) is 1. The van der Waals surface area contributed by atoms with Crippen LogP contribution in [0.5, 0.6) is 5.75 Å². The van der Waals surface area contributed by atoms with E-state index in [0.29, 0.717) is 23.6 Å². The van der Waals surface area contributed by atoms with Gasteiger partial charge in [-0.25, -0.2) is 9.37 Å². The minimum Gasteiger partial charge on any atom is -0.486 e. The average Bonchev–Trinajstić information content (AvgIpc) is 3.01. The molecule has 0 atom stereocenters. The molecule has 122 valence electrons. The van der Waals surface area contributed by atoms with Crippen LogP contribution in [0.1, 0.15) is 21.1 Å². The normalized spacial score (nSPS) is 10.4. The van der Waals surface area contributed by atoms with Gasteiger partial charge in [0.05, 0.1) is 16.3 Å². The maximum Gasteiger partial charge on any atom is 0.259 e. The lowest BCUT2D eigenvalue weighted by atomic mass is 10.2. The topological polar surface area (TPSA) is 51.2 Å². The number of benzene rings is 2. The van der Waals surface area contributed by atoms with Gasteiger partial charge in [0.1, 0.15) is 18.2 Å². The molecular weight excluding hydrogens is 327 g/mol. The second-order valence-electron chi connectivity index (χ2n) is 5.10. The zero-order chi connectivity index (χ0) is 16.9. The molecule has 1 heterocycles. The fraction of sp³-hybridized carbons (Fsp3) is 0.111. The smallest absolute Gasteiger partial charge is 0.259 e. The highest BCUT2D eigenvalue weighted by Gasteiger charge is 2.13. The van der Waals surface area contributed by atoms with Gasteiger partial charge >= 0.3 is 0 Å². The summed E-state index contributed by atoms with van der Waals surface area (Å²) in [5, 5.41) is 5.62. The minimum atomic E-state index is -0.352. The number of halogens is 1. The first kappa shape index (κ1) is 16.1. The fourth-order valence-corrected chi connectivity index (χ4v) is 2.74. The number of amides is 1. The summed E-state index contributed by atoms with van der Waals surface area (Å²) in [4.78, 5) is 16.8. The zero-order valence-electron chi connectivity index (χ0n) is 13.0. The van der Waals surface area contributed by atoms with Crippen molar-refractivity contribution in [3.05, 3.63) is 76.0 Å². The van der Waals surface area contributed by atoms with E-state index in [9.17, 15) is 9.18 Å². The standard InChI is InChI=1S/C18H15FN2O2S/c1-12-20-15(11-24-12)10-23-17-5-3-2-4-16(17)18(22)21-14-8-6-13(19)7-9-14/h2-9,11H,10H2,1H3,(H,21,22). The summed E-state index contributed by atoms with van der Waals surface area (Å²) in [5.74, 6) is -0.190. The highest BCUT2D eigenvalue weighted by Crippen LogP contribution is 2.21. The molecule has 0 fully saturated rings. The lowest BCUT2D eigenvalue weighted by molar-refractivity contribution is 0.102. The molecule has 1 amide bonds. The molecule has 0 aliphatic carbocycles. The van der Waals surface area contributed by atoms with Crippen molar-refractivity contribution in [2.24, 2.45) is 0 Å². The van der Waals surface area contributed by atoms with E-state index in [1.54, 1.807) is 35.6 Å². The molecule has 3 aromatic rings. The first-order chi connectivity index (χ1) is 11.6. The zero-order valence-corrected chi connectivity index (χ0v) is 13.8. The van der Waals surface area contributed by atoms with Crippen molar-refractivity contribution in [2.45, 2.75) is 13.5 Å². The fourth-order valence-electron chi connectivity index (χ4n) is 2.14. The molecule has 4 nitrogen and oxygen atoms in total. The Morgan fingerprint density at radius 3 is 2.67 bits per heavy atom. The summed E-state index contributed by atoms with van der Waals surface area (Å²) in [7, 11) is 0. The Morgan fingerprint density at radius 1 is 1.21 bits per heavy atom. The van der Waals surface area contributed by atoms with E-state index in [4.69, 9.17) is 4.74 Å². The molecule has 0 spiro atoms. The van der Waals surface area contributed by atoms with Gasteiger partial charge in [-0.3, -0.25) is 4.79 Å². The molecule has 6 heteroatoms. The van der Waals surface area contributed by atoms with Crippen LogP contribution in [0.4, 0.5) is 10.1 Å². The van der Waals surface area contributed by atoms with E-state index in [1.165, 1.54) is 24.3 Å². The van der Waals surface area contributed by atoms with Gasteiger partial charge in [0.2, 0.25) is 0 Å². The Balaban J connectivity index is 1.72. The summed E-state index contributed by atoms with van der Waals surface area (Å²) in [6.45, 7) is 2.23. The third-order valence-corrected chi connectivity index (χ3v) is 4.10. The Hall–Kier alpha value is -2.73. The lowest BCUT2D eigenvalue weighted by Crippen LogP contribution is -2.13. The number of anilines is 1. The second-order valence-corrected chi connectivity index (χ2v) is 6.17. The van der Waals surface area contributed by atoms with Crippen LogP contribution in [0.15, 0.2) is 53.9 Å². The van der Waals surface area contributed by atoms with Crippen LogP contribution in [0.3, 0.4) is 0 Å². The number of carbonyl (C=O) groups is 1. The van der Waals surface area contributed by atoms with Crippen molar-refractivity contribution in [3.63, 3.8) is 0 Å². The minimum absolute atomic E-state index is 0.297. The molecule has 1 N–H and O–H groups in total. The van der Waals surface area contributed by atoms with Crippen LogP contribution in [-0.2, 0) is 6.61 Å². The van der Waals surface area contributed by atoms with E-state index in [1.807, 2.05) is 12.3 Å². The van der Waals surface area contributed by atoms with Gasteiger partial charge in [-0.1, -0.05) is 12.1 Å². The summed E-state index contributed by atoms with van der Waals surface area (Å²) >= 11 is 1.55. The molecule has 3 rings (SSSR count). The molecule has 2 aromatic carbocycles. The summed E-state index contributed by atoms with van der Waals surface area (Å²) in [6, 6.07) is 12.6. The van der Waals surface area contributed by atoms with Gasteiger partial charge < -0.3 is 10.1 Å².